The molecule has 2 heterocycles. The van der Waals surface area contributed by atoms with Gasteiger partial charge < -0.3 is 26.7 Å². The number of aromatic amines is 1. The quantitative estimate of drug-likeness (QED) is 0.453. The zero-order chi connectivity index (χ0) is 17.4. The van der Waals surface area contributed by atoms with Crippen molar-refractivity contribution >= 4 is 23.7 Å². The summed E-state index contributed by atoms with van der Waals surface area (Å²) in [5.41, 5.74) is 11.8. The van der Waals surface area contributed by atoms with E-state index in [2.05, 4.69) is 15.0 Å². The summed E-state index contributed by atoms with van der Waals surface area (Å²) in [6.45, 7) is 0. The van der Waals surface area contributed by atoms with Gasteiger partial charge in [-0.1, -0.05) is 0 Å². The Hall–Kier alpha value is -2.43. The highest BCUT2D eigenvalue weighted by Crippen LogP contribution is 2.00. The van der Waals surface area contributed by atoms with Crippen molar-refractivity contribution in [2.45, 2.75) is 24.9 Å². The van der Waals surface area contributed by atoms with Gasteiger partial charge in [0, 0.05) is 42.7 Å². The molecule has 0 aliphatic heterocycles. The van der Waals surface area contributed by atoms with E-state index < -0.39 is 24.0 Å². The highest BCUT2D eigenvalue weighted by Gasteiger charge is 2.13. The minimum absolute atomic E-state index is 0.190. The zero-order valence-electron chi connectivity index (χ0n) is 12.0. The SMILES string of the molecule is N[C@@H](Cc1cn(Cl)cn1)C(=O)O.N[C@@H](Cc1cnc[nH]1)C(=O)O. The highest BCUT2D eigenvalue weighted by atomic mass is 35.5. The van der Waals surface area contributed by atoms with Crippen LogP contribution in [0.4, 0.5) is 0 Å². The van der Waals surface area contributed by atoms with Crippen molar-refractivity contribution in [3.05, 3.63) is 36.4 Å². The fourth-order valence-corrected chi connectivity index (χ4v) is 1.63. The van der Waals surface area contributed by atoms with Crippen LogP contribution in [0.15, 0.2) is 25.0 Å². The maximum absolute atomic E-state index is 10.3. The van der Waals surface area contributed by atoms with Gasteiger partial charge in [0.1, 0.15) is 18.4 Å². The summed E-state index contributed by atoms with van der Waals surface area (Å²) in [7, 11) is 0. The van der Waals surface area contributed by atoms with E-state index in [1.807, 2.05) is 0 Å². The second-order valence-electron chi connectivity index (χ2n) is 4.58. The number of carboxylic acids is 2. The Labute approximate surface area is 136 Å². The molecule has 0 spiro atoms. The lowest BCUT2D eigenvalue weighted by Gasteiger charge is -2.02. The summed E-state index contributed by atoms with van der Waals surface area (Å²) in [6, 6.07) is -1.77. The summed E-state index contributed by atoms with van der Waals surface area (Å²) < 4.78 is 1.23. The molecule has 0 radical (unpaired) electrons. The molecule has 2 aromatic rings. The number of aromatic nitrogens is 4. The van der Waals surface area contributed by atoms with Gasteiger partial charge in [-0.3, -0.25) is 9.59 Å². The number of halogens is 1. The van der Waals surface area contributed by atoms with Crippen LogP contribution in [0.1, 0.15) is 11.4 Å². The molecule has 0 aromatic carbocycles. The third-order valence-corrected chi connectivity index (χ3v) is 2.85. The van der Waals surface area contributed by atoms with Gasteiger partial charge in [0.2, 0.25) is 0 Å². The van der Waals surface area contributed by atoms with Gasteiger partial charge in [0.05, 0.1) is 12.0 Å². The molecule has 7 N–H and O–H groups in total. The van der Waals surface area contributed by atoms with Crippen LogP contribution in [0, 0.1) is 0 Å². The van der Waals surface area contributed by atoms with E-state index in [4.69, 9.17) is 33.5 Å². The molecule has 0 unspecified atom stereocenters. The van der Waals surface area contributed by atoms with Gasteiger partial charge in [0.25, 0.3) is 0 Å². The summed E-state index contributed by atoms with van der Waals surface area (Å²) in [5, 5.41) is 16.9. The maximum Gasteiger partial charge on any atom is 0.320 e. The Kier molecular flexibility index (Phi) is 7.19. The standard InChI is InChI=1S/C6H8ClN3O2.C6H9N3O2/c7-10-2-4(9-3-10)1-5(8)6(11)12;7-5(6(10)11)1-4-2-8-3-9-4/h2-3,5H,1,8H2,(H,11,12);2-3,5H,1,7H2,(H,8,9)(H,10,11)/t2*5-/m00/s1. The van der Waals surface area contributed by atoms with Gasteiger partial charge in [-0.05, 0) is 0 Å². The number of nitrogens with zero attached hydrogens (tertiary/aromatic N) is 3. The monoisotopic (exact) mass is 344 g/mol. The van der Waals surface area contributed by atoms with Crippen molar-refractivity contribution in [3.8, 4) is 0 Å². The maximum atomic E-state index is 10.3. The van der Waals surface area contributed by atoms with E-state index in [0.717, 1.165) is 5.69 Å². The Balaban J connectivity index is 0.000000231. The molecule has 0 saturated heterocycles. The predicted octanol–water partition coefficient (Wildman–Crippen LogP) is -0.796. The van der Waals surface area contributed by atoms with Crippen molar-refractivity contribution in [2.24, 2.45) is 11.5 Å². The second-order valence-corrected chi connectivity index (χ2v) is 4.97. The normalized spacial score (nSPS) is 12.8. The highest BCUT2D eigenvalue weighted by molar-refractivity contribution is 6.15. The number of carbonyl (C=O) groups is 2. The zero-order valence-corrected chi connectivity index (χ0v) is 12.7. The lowest BCUT2D eigenvalue weighted by molar-refractivity contribution is -0.139. The molecule has 0 fully saturated rings. The summed E-state index contributed by atoms with van der Waals surface area (Å²) in [5.74, 6) is -2.04. The number of hydrogen-bond acceptors (Lipinski definition) is 6. The average Bonchev–Trinajstić information content (AvgIpc) is 3.11. The van der Waals surface area contributed by atoms with E-state index in [9.17, 15) is 9.59 Å². The van der Waals surface area contributed by atoms with Crippen molar-refractivity contribution < 1.29 is 19.8 Å². The van der Waals surface area contributed by atoms with Crippen molar-refractivity contribution in [1.82, 2.24) is 19.0 Å². The number of nitrogens with two attached hydrogens (primary N) is 2. The minimum atomic E-state index is -1.04. The van der Waals surface area contributed by atoms with Gasteiger partial charge >= 0.3 is 11.9 Å². The number of H-pyrrole nitrogens is 1. The van der Waals surface area contributed by atoms with E-state index in [-0.39, 0.29) is 12.8 Å². The largest absolute Gasteiger partial charge is 0.480 e. The summed E-state index contributed by atoms with van der Waals surface area (Å²) in [6.07, 6.45) is 6.42. The number of carboxylic acid groups (broad SMARTS) is 2. The van der Waals surface area contributed by atoms with Gasteiger partial charge in [-0.2, -0.15) is 0 Å². The lowest BCUT2D eigenvalue weighted by atomic mass is 10.2. The van der Waals surface area contributed by atoms with Gasteiger partial charge in [0.15, 0.2) is 0 Å². The van der Waals surface area contributed by atoms with E-state index in [1.165, 1.54) is 22.9 Å². The van der Waals surface area contributed by atoms with Crippen LogP contribution in [-0.4, -0.2) is 53.3 Å². The van der Waals surface area contributed by atoms with E-state index in [1.54, 1.807) is 6.20 Å². The van der Waals surface area contributed by atoms with Crippen LogP contribution >= 0.6 is 11.8 Å². The van der Waals surface area contributed by atoms with Crippen molar-refractivity contribution in [2.75, 3.05) is 0 Å². The van der Waals surface area contributed by atoms with Crippen molar-refractivity contribution in [1.29, 1.82) is 0 Å². The third-order valence-electron chi connectivity index (χ3n) is 2.66. The Morgan fingerprint density at radius 3 is 2.30 bits per heavy atom. The smallest absolute Gasteiger partial charge is 0.320 e. The lowest BCUT2D eigenvalue weighted by Crippen LogP contribution is -2.32. The molecule has 0 saturated carbocycles. The molecule has 2 atom stereocenters. The molecule has 0 bridgehead atoms. The number of nitrogens with one attached hydrogen (secondary N) is 1. The number of rotatable bonds is 6. The molecule has 2 rings (SSSR count). The Morgan fingerprint density at radius 1 is 1.26 bits per heavy atom. The van der Waals surface area contributed by atoms with E-state index in [0.29, 0.717) is 5.69 Å². The van der Waals surface area contributed by atoms with Crippen LogP contribution in [0.2, 0.25) is 0 Å². The number of aliphatic carboxylic acids is 2. The fourth-order valence-electron chi connectivity index (χ4n) is 1.48. The molecule has 23 heavy (non-hydrogen) atoms. The van der Waals surface area contributed by atoms with Crippen LogP contribution in [0.25, 0.3) is 0 Å². The Bertz CT molecular complexity index is 629. The van der Waals surface area contributed by atoms with Crippen LogP contribution in [-0.2, 0) is 22.4 Å². The first-order valence-electron chi connectivity index (χ1n) is 6.42. The first kappa shape index (κ1) is 18.6. The molecule has 126 valence electrons. The fraction of sp³-hybridized carbons (Fsp3) is 0.333. The first-order chi connectivity index (χ1) is 10.8. The second kappa shape index (κ2) is 8.88. The Morgan fingerprint density at radius 2 is 1.87 bits per heavy atom. The number of hydrogen-bond donors (Lipinski definition) is 5. The molecular weight excluding hydrogens is 328 g/mol. The average molecular weight is 345 g/mol. The van der Waals surface area contributed by atoms with Gasteiger partial charge in [-0.15, -0.1) is 0 Å². The molecule has 0 aliphatic rings. The van der Waals surface area contributed by atoms with Crippen LogP contribution in [0.3, 0.4) is 0 Å². The van der Waals surface area contributed by atoms with Crippen LogP contribution < -0.4 is 11.5 Å². The third kappa shape index (κ3) is 6.91. The number of imidazole rings is 2. The minimum Gasteiger partial charge on any atom is -0.480 e. The molecule has 10 nitrogen and oxygen atoms in total. The molecule has 2 aromatic heterocycles. The van der Waals surface area contributed by atoms with Crippen molar-refractivity contribution in [3.63, 3.8) is 0 Å². The topological polar surface area (TPSA) is 173 Å². The predicted molar refractivity (Wildman–Crippen MR) is 80.7 cm³/mol. The molecule has 11 heteroatoms. The molecule has 0 amide bonds. The molecule has 0 aliphatic carbocycles. The summed E-state index contributed by atoms with van der Waals surface area (Å²) in [4.78, 5) is 30.9. The molecular formula is C12H17ClN6O4. The summed E-state index contributed by atoms with van der Waals surface area (Å²) >= 11 is 5.49. The first-order valence-corrected chi connectivity index (χ1v) is 6.76. The van der Waals surface area contributed by atoms with Gasteiger partial charge in [-0.25, -0.2) is 14.1 Å². The van der Waals surface area contributed by atoms with E-state index >= 15 is 0 Å². The van der Waals surface area contributed by atoms with Crippen LogP contribution in [0.5, 0.6) is 0 Å².